The Morgan fingerprint density at radius 2 is 2.24 bits per heavy atom. The van der Waals surface area contributed by atoms with E-state index in [-0.39, 0.29) is 0 Å². The van der Waals surface area contributed by atoms with Crippen LogP contribution in [0.3, 0.4) is 0 Å². The lowest BCUT2D eigenvalue weighted by Gasteiger charge is -2.09. The largest absolute Gasteiger partial charge is 0.380 e. The molecule has 0 aliphatic carbocycles. The first-order valence-corrected chi connectivity index (χ1v) is 6.39. The lowest BCUT2D eigenvalue weighted by atomic mass is 10.2. The van der Waals surface area contributed by atoms with Gasteiger partial charge in [0.05, 0.1) is 23.5 Å². The zero-order chi connectivity index (χ0) is 12.3. The molecule has 1 heterocycles. The summed E-state index contributed by atoms with van der Waals surface area (Å²) in [6, 6.07) is 6.14. The third-order valence-electron chi connectivity index (χ3n) is 2.83. The maximum atomic E-state index is 5.94. The van der Waals surface area contributed by atoms with E-state index in [4.69, 9.17) is 16.3 Å². The lowest BCUT2D eigenvalue weighted by molar-refractivity contribution is 0.139. The normalized spacial score (nSPS) is 11.2. The van der Waals surface area contributed by atoms with Crippen LogP contribution in [0.1, 0.15) is 18.3 Å². The minimum Gasteiger partial charge on any atom is -0.380 e. The minimum absolute atomic E-state index is 0.431. The molecule has 0 fully saturated rings. The third-order valence-corrected chi connectivity index (χ3v) is 3.07. The standard InChI is InChI=1S/C13H17ClN2O/c1-3-17-8-7-16-12(9-14)15-11-6-4-5-10(2)13(11)16/h4-6H,3,7-9H2,1-2H3. The van der Waals surface area contributed by atoms with E-state index in [1.165, 1.54) is 11.1 Å². The molecule has 0 saturated heterocycles. The molecule has 0 saturated carbocycles. The molecule has 0 radical (unpaired) electrons. The number of rotatable bonds is 5. The van der Waals surface area contributed by atoms with Gasteiger partial charge in [0.15, 0.2) is 0 Å². The Kier molecular flexibility index (Phi) is 4.02. The smallest absolute Gasteiger partial charge is 0.124 e. The van der Waals surface area contributed by atoms with Crippen LogP contribution >= 0.6 is 11.6 Å². The fraction of sp³-hybridized carbons (Fsp3) is 0.462. The Morgan fingerprint density at radius 1 is 1.41 bits per heavy atom. The molecule has 3 nitrogen and oxygen atoms in total. The Balaban J connectivity index is 2.42. The molecule has 1 aromatic carbocycles. The highest BCUT2D eigenvalue weighted by molar-refractivity contribution is 6.16. The number of aromatic nitrogens is 2. The quantitative estimate of drug-likeness (QED) is 0.604. The predicted octanol–water partition coefficient (Wildman–Crippen LogP) is 3.12. The number of halogens is 1. The van der Waals surface area contributed by atoms with E-state index < -0.39 is 0 Å². The molecule has 2 aromatic rings. The summed E-state index contributed by atoms with van der Waals surface area (Å²) in [5.41, 5.74) is 3.41. The molecule has 1 aromatic heterocycles. The second-order valence-electron chi connectivity index (χ2n) is 3.95. The van der Waals surface area contributed by atoms with Gasteiger partial charge in [-0.3, -0.25) is 0 Å². The van der Waals surface area contributed by atoms with Crippen LogP contribution in [0, 0.1) is 6.92 Å². The SMILES string of the molecule is CCOCCn1c(CCl)nc2cccc(C)c21. The molecule has 0 atom stereocenters. The summed E-state index contributed by atoms with van der Waals surface area (Å²) >= 11 is 5.94. The van der Waals surface area contributed by atoms with Crippen LogP contribution in [0.5, 0.6) is 0 Å². The average molecular weight is 253 g/mol. The number of hydrogen-bond donors (Lipinski definition) is 0. The molecule has 0 N–H and O–H groups in total. The van der Waals surface area contributed by atoms with Gasteiger partial charge in [-0.25, -0.2) is 4.98 Å². The van der Waals surface area contributed by atoms with Crippen LogP contribution in [0.25, 0.3) is 11.0 Å². The van der Waals surface area contributed by atoms with Crippen molar-refractivity contribution in [3.63, 3.8) is 0 Å². The number of aryl methyl sites for hydroxylation is 1. The van der Waals surface area contributed by atoms with Gasteiger partial charge >= 0.3 is 0 Å². The zero-order valence-corrected chi connectivity index (χ0v) is 11.0. The van der Waals surface area contributed by atoms with Crippen molar-refractivity contribution in [3.05, 3.63) is 29.6 Å². The maximum Gasteiger partial charge on any atom is 0.124 e. The summed E-state index contributed by atoms with van der Waals surface area (Å²) in [6.07, 6.45) is 0. The van der Waals surface area contributed by atoms with Gasteiger partial charge < -0.3 is 9.30 Å². The molecule has 4 heteroatoms. The molecular weight excluding hydrogens is 236 g/mol. The van der Waals surface area contributed by atoms with Crippen molar-refractivity contribution >= 4 is 22.6 Å². The minimum atomic E-state index is 0.431. The van der Waals surface area contributed by atoms with Crippen LogP contribution in [0.2, 0.25) is 0 Å². The molecule has 2 rings (SSSR count). The van der Waals surface area contributed by atoms with E-state index in [0.717, 1.165) is 24.5 Å². The maximum absolute atomic E-state index is 5.94. The summed E-state index contributed by atoms with van der Waals surface area (Å²) in [6.45, 7) is 6.33. The number of hydrogen-bond acceptors (Lipinski definition) is 2. The van der Waals surface area contributed by atoms with E-state index in [1.807, 2.05) is 19.1 Å². The van der Waals surface area contributed by atoms with Crippen molar-refractivity contribution in [2.75, 3.05) is 13.2 Å². The van der Waals surface area contributed by atoms with Crippen LogP contribution in [0.4, 0.5) is 0 Å². The van der Waals surface area contributed by atoms with Crippen LogP contribution in [0.15, 0.2) is 18.2 Å². The van der Waals surface area contributed by atoms with E-state index >= 15 is 0 Å². The van der Waals surface area contributed by atoms with Crippen molar-refractivity contribution in [2.24, 2.45) is 0 Å². The van der Waals surface area contributed by atoms with Crippen LogP contribution in [-0.2, 0) is 17.2 Å². The molecule has 0 aliphatic rings. The van der Waals surface area contributed by atoms with E-state index in [2.05, 4.69) is 22.5 Å². The number of fused-ring (bicyclic) bond motifs is 1. The van der Waals surface area contributed by atoms with Gasteiger partial charge in [0.2, 0.25) is 0 Å². The summed E-state index contributed by atoms with van der Waals surface area (Å²) in [7, 11) is 0. The number of benzene rings is 1. The first-order chi connectivity index (χ1) is 8.27. The van der Waals surface area contributed by atoms with Crippen LogP contribution < -0.4 is 0 Å². The molecule has 0 spiro atoms. The first-order valence-electron chi connectivity index (χ1n) is 5.86. The highest BCUT2D eigenvalue weighted by Crippen LogP contribution is 2.21. The molecular formula is C13H17ClN2O. The van der Waals surface area contributed by atoms with E-state index in [9.17, 15) is 0 Å². The number of nitrogens with zero attached hydrogens (tertiary/aromatic N) is 2. The number of ether oxygens (including phenoxy) is 1. The summed E-state index contributed by atoms with van der Waals surface area (Å²) in [4.78, 5) is 4.55. The zero-order valence-electron chi connectivity index (χ0n) is 10.2. The fourth-order valence-electron chi connectivity index (χ4n) is 2.06. The van der Waals surface area contributed by atoms with Gasteiger partial charge in [-0.15, -0.1) is 11.6 Å². The summed E-state index contributed by atoms with van der Waals surface area (Å²) in [5, 5.41) is 0. The van der Waals surface area contributed by atoms with Gasteiger partial charge in [0, 0.05) is 13.2 Å². The lowest BCUT2D eigenvalue weighted by Crippen LogP contribution is -2.09. The molecule has 0 amide bonds. The molecule has 17 heavy (non-hydrogen) atoms. The molecule has 0 aliphatic heterocycles. The Hall–Kier alpha value is -1.06. The van der Waals surface area contributed by atoms with Crippen molar-refractivity contribution in [2.45, 2.75) is 26.3 Å². The van der Waals surface area contributed by atoms with Gasteiger partial charge in [-0.2, -0.15) is 0 Å². The van der Waals surface area contributed by atoms with Crippen molar-refractivity contribution < 1.29 is 4.74 Å². The average Bonchev–Trinajstić information content (AvgIpc) is 2.69. The fourth-order valence-corrected chi connectivity index (χ4v) is 2.26. The second kappa shape index (κ2) is 5.52. The molecule has 0 unspecified atom stereocenters. The Labute approximate surface area is 106 Å². The highest BCUT2D eigenvalue weighted by atomic mass is 35.5. The first kappa shape index (κ1) is 12.4. The predicted molar refractivity (Wildman–Crippen MR) is 70.5 cm³/mol. The molecule has 0 bridgehead atoms. The number of para-hydroxylation sites is 1. The van der Waals surface area contributed by atoms with Crippen molar-refractivity contribution in [1.82, 2.24) is 9.55 Å². The monoisotopic (exact) mass is 252 g/mol. The topological polar surface area (TPSA) is 27.1 Å². The van der Waals surface area contributed by atoms with Crippen molar-refractivity contribution in [1.29, 1.82) is 0 Å². The van der Waals surface area contributed by atoms with Crippen LogP contribution in [-0.4, -0.2) is 22.8 Å². The Morgan fingerprint density at radius 3 is 2.94 bits per heavy atom. The van der Waals surface area contributed by atoms with E-state index in [0.29, 0.717) is 12.5 Å². The third kappa shape index (κ3) is 2.45. The Bertz CT molecular complexity index is 507. The summed E-state index contributed by atoms with van der Waals surface area (Å²) in [5.74, 6) is 1.34. The number of imidazole rings is 1. The van der Waals surface area contributed by atoms with Gasteiger partial charge in [0.1, 0.15) is 5.82 Å². The number of alkyl halides is 1. The van der Waals surface area contributed by atoms with Gasteiger partial charge in [0.25, 0.3) is 0 Å². The van der Waals surface area contributed by atoms with Gasteiger partial charge in [-0.1, -0.05) is 12.1 Å². The van der Waals surface area contributed by atoms with Crippen molar-refractivity contribution in [3.8, 4) is 0 Å². The van der Waals surface area contributed by atoms with E-state index in [1.54, 1.807) is 0 Å². The molecule has 92 valence electrons. The highest BCUT2D eigenvalue weighted by Gasteiger charge is 2.11. The summed E-state index contributed by atoms with van der Waals surface area (Å²) < 4.78 is 7.56. The van der Waals surface area contributed by atoms with Gasteiger partial charge in [-0.05, 0) is 25.5 Å². The second-order valence-corrected chi connectivity index (χ2v) is 4.22.